The summed E-state index contributed by atoms with van der Waals surface area (Å²) in [5, 5.41) is 3.06. The first kappa shape index (κ1) is 13.3. The van der Waals surface area contributed by atoms with E-state index >= 15 is 0 Å². The van der Waals surface area contributed by atoms with Crippen molar-refractivity contribution >= 4 is 28.2 Å². The molecule has 0 atom stereocenters. The van der Waals surface area contributed by atoms with Gasteiger partial charge in [-0.1, -0.05) is 29.6 Å². The van der Waals surface area contributed by atoms with Gasteiger partial charge in [-0.2, -0.15) is 0 Å². The Bertz CT molecular complexity index is 487. The van der Waals surface area contributed by atoms with Gasteiger partial charge in [-0.05, 0) is 13.8 Å². The summed E-state index contributed by atoms with van der Waals surface area (Å²) in [7, 11) is 0. The Morgan fingerprint density at radius 1 is 1.35 bits per heavy atom. The molecule has 1 N–H and O–H groups in total. The Balaban J connectivity index is 2.72. The SMILES string of the molecule is C/C=C/C=C/C(=O)Nc1nc(C)c(C(C)=O)s1. The molecule has 0 fully saturated rings. The molecular weight excluding hydrogens is 236 g/mol. The number of rotatable bonds is 4. The molecular formula is C12H14N2O2S. The molecule has 1 aromatic heterocycles. The summed E-state index contributed by atoms with van der Waals surface area (Å²) in [4.78, 5) is 27.3. The average molecular weight is 250 g/mol. The lowest BCUT2D eigenvalue weighted by Gasteiger charge is -1.93. The number of hydrogen-bond acceptors (Lipinski definition) is 4. The second-order valence-electron chi connectivity index (χ2n) is 3.36. The highest BCUT2D eigenvalue weighted by molar-refractivity contribution is 7.17. The molecule has 0 saturated heterocycles. The first-order chi connectivity index (χ1) is 8.04. The van der Waals surface area contributed by atoms with Crippen LogP contribution in [0, 0.1) is 6.92 Å². The van der Waals surface area contributed by atoms with Crippen LogP contribution < -0.4 is 5.32 Å². The number of thiazole rings is 1. The fraction of sp³-hybridized carbons (Fsp3) is 0.250. The summed E-state index contributed by atoms with van der Waals surface area (Å²) >= 11 is 1.19. The zero-order valence-corrected chi connectivity index (χ0v) is 10.8. The summed E-state index contributed by atoms with van der Waals surface area (Å²) in [6, 6.07) is 0. The second-order valence-corrected chi connectivity index (χ2v) is 4.36. The Labute approximate surface area is 104 Å². The average Bonchev–Trinajstić information content (AvgIpc) is 2.60. The van der Waals surface area contributed by atoms with Crippen LogP contribution in [0.2, 0.25) is 0 Å². The van der Waals surface area contributed by atoms with Gasteiger partial charge in [0.25, 0.3) is 0 Å². The number of carbonyl (C=O) groups excluding carboxylic acids is 2. The third-order valence-corrected chi connectivity index (χ3v) is 3.07. The Morgan fingerprint density at radius 3 is 2.59 bits per heavy atom. The monoisotopic (exact) mass is 250 g/mol. The smallest absolute Gasteiger partial charge is 0.250 e. The molecule has 4 nitrogen and oxygen atoms in total. The van der Waals surface area contributed by atoms with E-state index in [0.717, 1.165) is 0 Å². The van der Waals surface area contributed by atoms with Crippen LogP contribution in [-0.4, -0.2) is 16.7 Å². The lowest BCUT2D eigenvalue weighted by Crippen LogP contribution is -2.07. The number of anilines is 1. The maximum atomic E-state index is 11.4. The minimum absolute atomic E-state index is 0.0371. The largest absolute Gasteiger partial charge is 0.298 e. The summed E-state index contributed by atoms with van der Waals surface area (Å²) in [5.41, 5.74) is 0.648. The van der Waals surface area contributed by atoms with E-state index in [1.165, 1.54) is 24.3 Å². The van der Waals surface area contributed by atoms with E-state index in [4.69, 9.17) is 0 Å². The highest BCUT2D eigenvalue weighted by Gasteiger charge is 2.12. The highest BCUT2D eigenvalue weighted by atomic mass is 32.1. The van der Waals surface area contributed by atoms with E-state index in [1.54, 1.807) is 19.1 Å². The molecule has 5 heteroatoms. The van der Waals surface area contributed by atoms with Gasteiger partial charge in [0.05, 0.1) is 10.6 Å². The van der Waals surface area contributed by atoms with Gasteiger partial charge >= 0.3 is 0 Å². The maximum absolute atomic E-state index is 11.4. The topological polar surface area (TPSA) is 59.1 Å². The minimum atomic E-state index is -0.257. The number of aryl methyl sites for hydroxylation is 1. The summed E-state index contributed by atoms with van der Waals surface area (Å²) < 4.78 is 0. The van der Waals surface area contributed by atoms with Crippen molar-refractivity contribution in [1.82, 2.24) is 4.98 Å². The van der Waals surface area contributed by atoms with Crippen LogP contribution in [0.1, 0.15) is 29.2 Å². The van der Waals surface area contributed by atoms with E-state index in [0.29, 0.717) is 15.7 Å². The second kappa shape index (κ2) is 6.10. The van der Waals surface area contributed by atoms with Crippen molar-refractivity contribution in [3.63, 3.8) is 0 Å². The third kappa shape index (κ3) is 3.96. The van der Waals surface area contributed by atoms with Gasteiger partial charge in [0.1, 0.15) is 0 Å². The summed E-state index contributed by atoms with van der Waals surface area (Å²) in [6.07, 6.45) is 6.63. The number of nitrogens with one attached hydrogen (secondary N) is 1. The minimum Gasteiger partial charge on any atom is -0.298 e. The zero-order chi connectivity index (χ0) is 12.8. The van der Waals surface area contributed by atoms with Crippen LogP contribution in [0.5, 0.6) is 0 Å². The quantitative estimate of drug-likeness (QED) is 0.508. The number of hydrogen-bond donors (Lipinski definition) is 1. The van der Waals surface area contributed by atoms with Crippen molar-refractivity contribution in [2.24, 2.45) is 0 Å². The highest BCUT2D eigenvalue weighted by Crippen LogP contribution is 2.22. The maximum Gasteiger partial charge on any atom is 0.250 e. The molecule has 1 rings (SSSR count). The molecule has 0 saturated carbocycles. The van der Waals surface area contributed by atoms with Gasteiger partial charge in [0.2, 0.25) is 5.91 Å². The molecule has 0 bridgehead atoms. The van der Waals surface area contributed by atoms with Crippen LogP contribution in [0.4, 0.5) is 5.13 Å². The number of allylic oxidation sites excluding steroid dienone is 3. The van der Waals surface area contributed by atoms with E-state index < -0.39 is 0 Å². The standard InChI is InChI=1S/C12H14N2O2S/c1-4-5-6-7-10(16)14-12-13-8(2)11(17-12)9(3)15/h4-7H,1-3H3,(H,13,14,16)/b5-4+,7-6+. The van der Waals surface area contributed by atoms with E-state index in [1.807, 2.05) is 13.0 Å². The van der Waals surface area contributed by atoms with Crippen LogP contribution in [0.3, 0.4) is 0 Å². The van der Waals surface area contributed by atoms with Gasteiger partial charge in [-0.3, -0.25) is 14.9 Å². The van der Waals surface area contributed by atoms with Gasteiger partial charge in [-0.25, -0.2) is 4.98 Å². The number of ketones is 1. The summed E-state index contributed by atoms with van der Waals surface area (Å²) in [5.74, 6) is -0.295. The van der Waals surface area contributed by atoms with Crippen molar-refractivity contribution in [2.75, 3.05) is 5.32 Å². The van der Waals surface area contributed by atoms with Crippen LogP contribution in [-0.2, 0) is 4.79 Å². The molecule has 0 spiro atoms. The van der Waals surface area contributed by atoms with Gasteiger partial charge < -0.3 is 0 Å². The molecule has 1 heterocycles. The van der Waals surface area contributed by atoms with Crippen LogP contribution >= 0.6 is 11.3 Å². The van der Waals surface area contributed by atoms with Crippen molar-refractivity contribution in [1.29, 1.82) is 0 Å². The number of carbonyl (C=O) groups is 2. The van der Waals surface area contributed by atoms with Crippen molar-refractivity contribution in [2.45, 2.75) is 20.8 Å². The molecule has 90 valence electrons. The Hall–Kier alpha value is -1.75. The molecule has 1 aromatic rings. The zero-order valence-electron chi connectivity index (χ0n) is 9.98. The van der Waals surface area contributed by atoms with Crippen LogP contribution in [0.15, 0.2) is 24.3 Å². The Morgan fingerprint density at radius 2 is 2.06 bits per heavy atom. The molecule has 0 aliphatic rings. The predicted octanol–water partition coefficient (Wildman–Crippen LogP) is 2.72. The molecule has 0 aliphatic heterocycles. The molecule has 0 unspecified atom stereocenters. The van der Waals surface area contributed by atoms with E-state index in [2.05, 4.69) is 10.3 Å². The lowest BCUT2D eigenvalue weighted by atomic mass is 10.3. The number of amides is 1. The normalized spacial score (nSPS) is 11.2. The van der Waals surface area contributed by atoms with E-state index in [9.17, 15) is 9.59 Å². The number of nitrogens with zero attached hydrogens (tertiary/aromatic N) is 1. The lowest BCUT2D eigenvalue weighted by molar-refractivity contribution is -0.111. The first-order valence-corrected chi connectivity index (χ1v) is 5.95. The third-order valence-electron chi connectivity index (χ3n) is 1.90. The van der Waals surface area contributed by atoms with Gasteiger partial charge in [0.15, 0.2) is 10.9 Å². The van der Waals surface area contributed by atoms with Crippen molar-refractivity contribution < 1.29 is 9.59 Å². The molecule has 0 aliphatic carbocycles. The Kier molecular flexibility index (Phi) is 4.78. The molecule has 0 aromatic carbocycles. The molecule has 17 heavy (non-hydrogen) atoms. The fourth-order valence-corrected chi connectivity index (χ4v) is 2.04. The predicted molar refractivity (Wildman–Crippen MR) is 69.4 cm³/mol. The van der Waals surface area contributed by atoms with Gasteiger partial charge in [-0.15, -0.1) is 0 Å². The van der Waals surface area contributed by atoms with Crippen LogP contribution in [0.25, 0.3) is 0 Å². The number of aromatic nitrogens is 1. The molecule has 1 amide bonds. The first-order valence-electron chi connectivity index (χ1n) is 5.13. The summed E-state index contributed by atoms with van der Waals surface area (Å²) in [6.45, 7) is 5.10. The van der Waals surface area contributed by atoms with Crippen molar-refractivity contribution in [3.8, 4) is 0 Å². The van der Waals surface area contributed by atoms with Gasteiger partial charge in [0, 0.05) is 13.0 Å². The fourth-order valence-electron chi connectivity index (χ4n) is 1.18. The van der Waals surface area contributed by atoms with Crippen molar-refractivity contribution in [3.05, 3.63) is 34.9 Å². The van der Waals surface area contributed by atoms with E-state index in [-0.39, 0.29) is 11.7 Å². The number of Topliss-reactive ketones (excluding diaryl/α,β-unsaturated/α-hetero) is 1. The molecule has 0 radical (unpaired) electrons.